The maximum absolute atomic E-state index is 13.3. The number of halogens is 7. The van der Waals surface area contributed by atoms with Crippen LogP contribution >= 0.6 is 22.6 Å². The largest absolute Gasteiger partial charge is 0.416 e. The maximum Gasteiger partial charge on any atom is 0.416 e. The molecule has 0 fully saturated rings. The Hall–Kier alpha value is -3.40. The summed E-state index contributed by atoms with van der Waals surface area (Å²) in [5.74, 6) is 0. The third-order valence-corrected chi connectivity index (χ3v) is 6.72. The molecule has 0 aliphatic rings. The van der Waals surface area contributed by atoms with Crippen LogP contribution in [0.4, 0.5) is 26.3 Å². The number of alkyl halides is 6. The van der Waals surface area contributed by atoms with Crippen molar-refractivity contribution >= 4 is 33.4 Å². The number of fused-ring (bicyclic) bond motifs is 1. The van der Waals surface area contributed by atoms with Crippen LogP contribution in [0.2, 0.25) is 0 Å². The highest BCUT2D eigenvalue weighted by Crippen LogP contribution is 2.39. The Morgan fingerprint density at radius 3 is 1.46 bits per heavy atom. The molecule has 186 valence electrons. The van der Waals surface area contributed by atoms with Crippen LogP contribution in [0.3, 0.4) is 0 Å². The number of rotatable bonds is 3. The zero-order valence-corrected chi connectivity index (χ0v) is 21.0. The maximum atomic E-state index is 13.3. The average molecular weight is 619 g/mol. The normalized spacial score (nSPS) is 12.2. The topological polar surface area (TPSA) is 12.9 Å². The average Bonchev–Trinajstić information content (AvgIpc) is 2.87. The summed E-state index contributed by atoms with van der Waals surface area (Å²) in [6.07, 6.45) is -8.03. The third kappa shape index (κ3) is 5.49. The SMILES string of the molecule is FC(F)(F)c1cc(-c2ccc3cc(-c4ccc(-c5ccc(I)cc5)nc4)ccc3c2)cc(C(F)(F)F)c1. The predicted octanol–water partition coefficient (Wildman–Crippen LogP) is 9.88. The van der Waals surface area contributed by atoms with Gasteiger partial charge in [-0.1, -0.05) is 42.5 Å². The molecule has 0 radical (unpaired) electrons. The van der Waals surface area contributed by atoms with Crippen LogP contribution in [0.5, 0.6) is 0 Å². The molecule has 0 saturated carbocycles. The molecule has 1 heterocycles. The first kappa shape index (κ1) is 25.3. The zero-order valence-electron chi connectivity index (χ0n) is 18.8. The highest BCUT2D eigenvalue weighted by atomic mass is 127. The molecule has 1 nitrogen and oxygen atoms in total. The lowest BCUT2D eigenvalue weighted by molar-refractivity contribution is -0.143. The lowest BCUT2D eigenvalue weighted by Gasteiger charge is -2.15. The van der Waals surface area contributed by atoms with Crippen molar-refractivity contribution < 1.29 is 26.3 Å². The highest BCUT2D eigenvalue weighted by Gasteiger charge is 2.37. The number of hydrogen-bond acceptors (Lipinski definition) is 1. The van der Waals surface area contributed by atoms with Gasteiger partial charge in [-0.2, -0.15) is 26.3 Å². The first-order valence-electron chi connectivity index (χ1n) is 11.0. The fourth-order valence-electron chi connectivity index (χ4n) is 4.08. The molecule has 0 saturated heterocycles. The van der Waals surface area contributed by atoms with Crippen molar-refractivity contribution in [1.82, 2.24) is 4.98 Å². The molecule has 8 heteroatoms. The monoisotopic (exact) mass is 619 g/mol. The first-order chi connectivity index (χ1) is 17.5. The van der Waals surface area contributed by atoms with E-state index in [1.54, 1.807) is 24.4 Å². The van der Waals surface area contributed by atoms with E-state index < -0.39 is 23.5 Å². The van der Waals surface area contributed by atoms with Gasteiger partial charge in [0.25, 0.3) is 0 Å². The van der Waals surface area contributed by atoms with Crippen LogP contribution in [0.25, 0.3) is 44.3 Å². The van der Waals surface area contributed by atoms with Crippen LogP contribution < -0.4 is 0 Å². The fourth-order valence-corrected chi connectivity index (χ4v) is 4.44. The lowest BCUT2D eigenvalue weighted by Crippen LogP contribution is -2.11. The van der Waals surface area contributed by atoms with Crippen molar-refractivity contribution in [2.45, 2.75) is 12.4 Å². The number of pyridine rings is 1. The Balaban J connectivity index is 1.48. The van der Waals surface area contributed by atoms with Gasteiger partial charge in [0.1, 0.15) is 0 Å². The molecular weight excluding hydrogens is 603 g/mol. The van der Waals surface area contributed by atoms with Gasteiger partial charge in [0.05, 0.1) is 16.8 Å². The number of nitrogens with zero attached hydrogens (tertiary/aromatic N) is 1. The third-order valence-electron chi connectivity index (χ3n) is 6.00. The second-order valence-corrected chi connectivity index (χ2v) is 9.76. The Morgan fingerprint density at radius 1 is 0.486 bits per heavy atom. The van der Waals surface area contributed by atoms with E-state index >= 15 is 0 Å². The van der Waals surface area contributed by atoms with E-state index in [4.69, 9.17) is 0 Å². The Bertz CT molecular complexity index is 1550. The van der Waals surface area contributed by atoms with Crippen molar-refractivity contribution in [3.05, 3.63) is 112 Å². The van der Waals surface area contributed by atoms with Crippen molar-refractivity contribution in [1.29, 1.82) is 0 Å². The molecule has 0 amide bonds. The van der Waals surface area contributed by atoms with Crippen LogP contribution in [0.15, 0.2) is 97.2 Å². The van der Waals surface area contributed by atoms with Crippen molar-refractivity contribution in [3.63, 3.8) is 0 Å². The molecule has 1 aromatic heterocycles. The summed E-state index contributed by atoms with van der Waals surface area (Å²) in [6, 6.07) is 23.9. The van der Waals surface area contributed by atoms with E-state index in [2.05, 4.69) is 27.6 Å². The van der Waals surface area contributed by atoms with Gasteiger partial charge in [0.2, 0.25) is 0 Å². The number of aromatic nitrogens is 1. The molecule has 0 aliphatic heterocycles. The lowest BCUT2D eigenvalue weighted by atomic mass is 9.95. The molecule has 0 atom stereocenters. The van der Waals surface area contributed by atoms with E-state index in [0.29, 0.717) is 5.39 Å². The summed E-state index contributed by atoms with van der Waals surface area (Å²) < 4.78 is 80.8. The molecule has 5 rings (SSSR count). The molecule has 0 bridgehead atoms. The van der Waals surface area contributed by atoms with Crippen molar-refractivity contribution in [2.75, 3.05) is 0 Å². The van der Waals surface area contributed by atoms with E-state index in [9.17, 15) is 26.3 Å². The van der Waals surface area contributed by atoms with E-state index in [0.717, 1.165) is 43.5 Å². The van der Waals surface area contributed by atoms with Gasteiger partial charge in [-0.25, -0.2) is 0 Å². The van der Waals surface area contributed by atoms with E-state index in [-0.39, 0.29) is 17.2 Å². The van der Waals surface area contributed by atoms with Gasteiger partial charge in [0, 0.05) is 20.9 Å². The van der Waals surface area contributed by atoms with Crippen LogP contribution in [0.1, 0.15) is 11.1 Å². The smallest absolute Gasteiger partial charge is 0.256 e. The van der Waals surface area contributed by atoms with Crippen LogP contribution in [-0.4, -0.2) is 4.98 Å². The standard InChI is InChI=1S/C29H16F6IN/c30-28(31,32)24-13-23(14-25(15-24)29(33,34)35)21-4-2-18-11-20(3-1-19(18)12-21)22-7-10-27(37-16-22)17-5-8-26(36)9-6-17/h1-16H. The fraction of sp³-hybridized carbons (Fsp3) is 0.0690. The van der Waals surface area contributed by atoms with E-state index in [1.807, 2.05) is 48.5 Å². The Kier molecular flexibility index (Phi) is 6.47. The van der Waals surface area contributed by atoms with Gasteiger partial charge < -0.3 is 0 Å². The van der Waals surface area contributed by atoms with Gasteiger partial charge in [-0.3, -0.25) is 4.98 Å². The van der Waals surface area contributed by atoms with Gasteiger partial charge >= 0.3 is 12.4 Å². The Labute approximate surface area is 221 Å². The van der Waals surface area contributed by atoms with Crippen molar-refractivity contribution in [3.8, 4) is 33.5 Å². The van der Waals surface area contributed by atoms with Gasteiger partial charge in [0.15, 0.2) is 0 Å². The minimum atomic E-state index is -4.90. The minimum absolute atomic E-state index is 0.134. The van der Waals surface area contributed by atoms with Gasteiger partial charge in [-0.05, 0) is 98.6 Å². The summed E-state index contributed by atoms with van der Waals surface area (Å²) in [5.41, 5.74) is 1.05. The van der Waals surface area contributed by atoms with Crippen molar-refractivity contribution in [2.24, 2.45) is 0 Å². The molecule has 4 aromatic carbocycles. The molecule has 0 spiro atoms. The summed E-state index contributed by atoms with van der Waals surface area (Å²) in [5, 5.41) is 1.49. The van der Waals surface area contributed by atoms with Crippen LogP contribution in [0, 0.1) is 3.57 Å². The first-order valence-corrected chi connectivity index (χ1v) is 12.1. The van der Waals surface area contributed by atoms with Crippen LogP contribution in [-0.2, 0) is 12.4 Å². The summed E-state index contributed by atoms with van der Waals surface area (Å²) in [6.45, 7) is 0. The highest BCUT2D eigenvalue weighted by molar-refractivity contribution is 14.1. The predicted molar refractivity (Wildman–Crippen MR) is 141 cm³/mol. The number of benzene rings is 4. The molecular formula is C29H16F6IN. The second-order valence-electron chi connectivity index (χ2n) is 8.51. The Morgan fingerprint density at radius 2 is 0.973 bits per heavy atom. The quantitative estimate of drug-likeness (QED) is 0.145. The van der Waals surface area contributed by atoms with Gasteiger partial charge in [-0.15, -0.1) is 0 Å². The molecule has 37 heavy (non-hydrogen) atoms. The molecule has 0 unspecified atom stereocenters. The zero-order chi connectivity index (χ0) is 26.4. The summed E-state index contributed by atoms with van der Waals surface area (Å²) >= 11 is 2.24. The molecule has 5 aromatic rings. The molecule has 0 N–H and O–H groups in total. The second kappa shape index (κ2) is 9.48. The molecule has 0 aliphatic carbocycles. The van der Waals surface area contributed by atoms with E-state index in [1.165, 1.54) is 6.07 Å². The summed E-state index contributed by atoms with van der Waals surface area (Å²) in [7, 11) is 0. The number of hydrogen-bond donors (Lipinski definition) is 0. The summed E-state index contributed by atoms with van der Waals surface area (Å²) in [4.78, 5) is 4.56. The minimum Gasteiger partial charge on any atom is -0.256 e.